The van der Waals surface area contributed by atoms with Gasteiger partial charge in [-0.2, -0.15) is 10.1 Å². The van der Waals surface area contributed by atoms with E-state index in [1.807, 2.05) is 6.20 Å². The molecule has 0 saturated heterocycles. The fraction of sp³-hybridized carbons (Fsp3) is 0.389. The van der Waals surface area contributed by atoms with Crippen LogP contribution in [0.5, 0.6) is 0 Å². The number of aromatic nitrogens is 4. The van der Waals surface area contributed by atoms with E-state index in [4.69, 9.17) is 4.52 Å². The second kappa shape index (κ2) is 6.38. The first-order valence-electron chi connectivity index (χ1n) is 8.38. The summed E-state index contributed by atoms with van der Waals surface area (Å²) in [4.78, 5) is 4.66. The lowest BCUT2D eigenvalue weighted by Crippen LogP contribution is -2.36. The van der Waals surface area contributed by atoms with Gasteiger partial charge in [0.1, 0.15) is 0 Å². The molecular weight excluding hydrogens is 384 g/mol. The zero-order chi connectivity index (χ0) is 17.4. The van der Waals surface area contributed by atoms with Gasteiger partial charge in [-0.15, -0.1) is 0 Å². The van der Waals surface area contributed by atoms with Crippen molar-refractivity contribution < 1.29 is 9.63 Å². The van der Waals surface area contributed by atoms with Crippen molar-refractivity contribution >= 4 is 15.9 Å². The third kappa shape index (κ3) is 3.02. The van der Waals surface area contributed by atoms with Crippen LogP contribution in [0.2, 0.25) is 0 Å². The van der Waals surface area contributed by atoms with Crippen LogP contribution in [0.25, 0.3) is 11.5 Å². The first kappa shape index (κ1) is 16.5. The van der Waals surface area contributed by atoms with Gasteiger partial charge in [0.05, 0.1) is 29.8 Å². The first-order chi connectivity index (χ1) is 12.1. The molecule has 6 nitrogen and oxygen atoms in total. The summed E-state index contributed by atoms with van der Waals surface area (Å²) in [5, 5.41) is 18.0. The van der Waals surface area contributed by atoms with Gasteiger partial charge in [0.2, 0.25) is 0 Å². The number of benzene rings is 1. The number of hydrogen-bond acceptors (Lipinski definition) is 5. The van der Waals surface area contributed by atoms with Gasteiger partial charge < -0.3 is 9.63 Å². The summed E-state index contributed by atoms with van der Waals surface area (Å²) in [5.41, 5.74) is 1.83. The highest BCUT2D eigenvalue weighted by Crippen LogP contribution is 2.48. The molecule has 2 heterocycles. The van der Waals surface area contributed by atoms with Crippen LogP contribution in [0.4, 0.5) is 0 Å². The summed E-state index contributed by atoms with van der Waals surface area (Å²) in [7, 11) is 0. The van der Waals surface area contributed by atoms with E-state index in [2.05, 4.69) is 55.4 Å². The third-order valence-electron chi connectivity index (χ3n) is 4.79. The molecule has 0 aliphatic heterocycles. The van der Waals surface area contributed by atoms with Crippen LogP contribution in [0.1, 0.15) is 37.6 Å². The van der Waals surface area contributed by atoms with Gasteiger partial charge >= 0.3 is 0 Å². The average Bonchev–Trinajstić information content (AvgIpc) is 3.17. The highest BCUT2D eigenvalue weighted by molar-refractivity contribution is 9.10. The molecule has 1 unspecified atom stereocenters. The average molecular weight is 403 g/mol. The minimum atomic E-state index is -0.457. The van der Waals surface area contributed by atoms with Gasteiger partial charge in [-0.1, -0.05) is 39.6 Å². The normalized spacial score (nSPS) is 17.2. The second-order valence-electron chi connectivity index (χ2n) is 6.67. The van der Waals surface area contributed by atoms with E-state index in [9.17, 15) is 5.11 Å². The standard InChI is InChI=1S/C18H19BrN4O2/c1-12(24)10-23-11-13(9-20-23)16-21-17(22-25-16)18(7-2-8-18)14-3-5-15(19)6-4-14/h3-6,9,11-12,24H,2,7-8,10H2,1H3. The van der Waals surface area contributed by atoms with Gasteiger partial charge in [-0.25, -0.2) is 0 Å². The Hall–Kier alpha value is -1.99. The fourth-order valence-electron chi connectivity index (χ4n) is 3.32. The number of aliphatic hydroxyl groups is 1. The van der Waals surface area contributed by atoms with E-state index in [0.717, 1.165) is 35.1 Å². The van der Waals surface area contributed by atoms with Crippen molar-refractivity contribution in [3.05, 3.63) is 52.5 Å². The van der Waals surface area contributed by atoms with E-state index in [1.165, 1.54) is 5.56 Å². The third-order valence-corrected chi connectivity index (χ3v) is 5.32. The molecule has 1 atom stereocenters. The molecule has 4 rings (SSSR count). The lowest BCUT2D eigenvalue weighted by molar-refractivity contribution is 0.168. The summed E-state index contributed by atoms with van der Waals surface area (Å²) < 4.78 is 8.25. The highest BCUT2D eigenvalue weighted by Gasteiger charge is 2.44. The van der Waals surface area contributed by atoms with Gasteiger partial charge in [-0.3, -0.25) is 4.68 Å². The van der Waals surface area contributed by atoms with Gasteiger partial charge in [0, 0.05) is 10.7 Å². The molecular formula is C18H19BrN4O2. The molecule has 2 aromatic heterocycles. The topological polar surface area (TPSA) is 77.0 Å². The van der Waals surface area contributed by atoms with E-state index in [-0.39, 0.29) is 5.41 Å². The Bertz CT molecular complexity index is 865. The monoisotopic (exact) mass is 402 g/mol. The Morgan fingerprint density at radius 2 is 2.08 bits per heavy atom. The van der Waals surface area contributed by atoms with Crippen molar-refractivity contribution in [3.63, 3.8) is 0 Å². The van der Waals surface area contributed by atoms with Crippen molar-refractivity contribution in [2.24, 2.45) is 0 Å². The van der Waals surface area contributed by atoms with Crippen molar-refractivity contribution in [1.29, 1.82) is 0 Å². The lowest BCUT2D eigenvalue weighted by atomic mass is 9.64. The maximum Gasteiger partial charge on any atom is 0.261 e. The van der Waals surface area contributed by atoms with E-state index >= 15 is 0 Å². The molecule has 1 fully saturated rings. The van der Waals surface area contributed by atoms with Crippen molar-refractivity contribution in [2.75, 3.05) is 0 Å². The quantitative estimate of drug-likeness (QED) is 0.705. The van der Waals surface area contributed by atoms with Crippen molar-refractivity contribution in [1.82, 2.24) is 19.9 Å². The molecule has 130 valence electrons. The molecule has 1 aliphatic rings. The Morgan fingerprint density at radius 1 is 1.32 bits per heavy atom. The molecule has 1 aromatic carbocycles. The predicted octanol–water partition coefficient (Wildman–Crippen LogP) is 3.55. The molecule has 3 aromatic rings. The maximum atomic E-state index is 9.47. The number of rotatable bonds is 5. The van der Waals surface area contributed by atoms with E-state index in [1.54, 1.807) is 17.8 Å². The van der Waals surface area contributed by atoms with E-state index < -0.39 is 6.10 Å². The van der Waals surface area contributed by atoms with Crippen molar-refractivity contribution in [3.8, 4) is 11.5 Å². The van der Waals surface area contributed by atoms with Crippen LogP contribution in [-0.2, 0) is 12.0 Å². The molecule has 7 heteroatoms. The Morgan fingerprint density at radius 3 is 2.72 bits per heavy atom. The number of aliphatic hydroxyl groups excluding tert-OH is 1. The molecule has 0 bridgehead atoms. The zero-order valence-corrected chi connectivity index (χ0v) is 15.5. The minimum absolute atomic E-state index is 0.155. The molecule has 1 saturated carbocycles. The van der Waals surface area contributed by atoms with Gasteiger partial charge in [0.25, 0.3) is 5.89 Å². The Balaban J connectivity index is 1.63. The highest BCUT2D eigenvalue weighted by atomic mass is 79.9. The SMILES string of the molecule is CC(O)Cn1cc(-c2nc(C3(c4ccc(Br)cc4)CCC3)no2)cn1. The predicted molar refractivity (Wildman–Crippen MR) is 96.0 cm³/mol. The summed E-state index contributed by atoms with van der Waals surface area (Å²) in [6.07, 6.45) is 6.25. The van der Waals surface area contributed by atoms with Gasteiger partial charge in [0.15, 0.2) is 5.82 Å². The van der Waals surface area contributed by atoms with Crippen LogP contribution in [0.3, 0.4) is 0 Å². The summed E-state index contributed by atoms with van der Waals surface area (Å²) in [6.45, 7) is 2.16. The Labute approximate surface area is 154 Å². The van der Waals surface area contributed by atoms with Crippen LogP contribution in [0, 0.1) is 0 Å². The zero-order valence-electron chi connectivity index (χ0n) is 13.9. The molecule has 25 heavy (non-hydrogen) atoms. The molecule has 1 N–H and O–H groups in total. The van der Waals surface area contributed by atoms with Crippen LogP contribution in [0.15, 0.2) is 45.7 Å². The molecule has 1 aliphatic carbocycles. The number of hydrogen-bond donors (Lipinski definition) is 1. The number of nitrogens with zero attached hydrogens (tertiary/aromatic N) is 4. The second-order valence-corrected chi connectivity index (χ2v) is 7.58. The lowest BCUT2D eigenvalue weighted by Gasteiger charge is -2.39. The first-order valence-corrected chi connectivity index (χ1v) is 9.17. The molecule has 0 amide bonds. The molecule has 0 spiro atoms. The summed E-state index contributed by atoms with van der Waals surface area (Å²) in [6, 6.07) is 8.35. The smallest absolute Gasteiger partial charge is 0.261 e. The van der Waals surface area contributed by atoms with E-state index in [0.29, 0.717) is 12.4 Å². The fourth-order valence-corrected chi connectivity index (χ4v) is 3.58. The van der Waals surface area contributed by atoms with Crippen LogP contribution in [-0.4, -0.2) is 31.1 Å². The Kier molecular flexibility index (Phi) is 4.21. The maximum absolute atomic E-state index is 9.47. The molecule has 0 radical (unpaired) electrons. The summed E-state index contributed by atoms with van der Waals surface area (Å²) in [5.74, 6) is 1.20. The van der Waals surface area contributed by atoms with Crippen LogP contribution >= 0.6 is 15.9 Å². The number of halogens is 1. The minimum Gasteiger partial charge on any atom is -0.391 e. The van der Waals surface area contributed by atoms with Crippen molar-refractivity contribution in [2.45, 2.75) is 44.2 Å². The van der Waals surface area contributed by atoms with Gasteiger partial charge in [-0.05, 0) is 37.5 Å². The largest absolute Gasteiger partial charge is 0.391 e. The summed E-state index contributed by atoms with van der Waals surface area (Å²) >= 11 is 3.49. The van der Waals surface area contributed by atoms with Crippen LogP contribution < -0.4 is 0 Å².